The summed E-state index contributed by atoms with van der Waals surface area (Å²) in [7, 11) is 0. The molecule has 1 aromatic carbocycles. The van der Waals surface area contributed by atoms with Gasteiger partial charge in [0.1, 0.15) is 11.6 Å². The highest BCUT2D eigenvalue weighted by molar-refractivity contribution is 5.92. The van der Waals surface area contributed by atoms with Gasteiger partial charge >= 0.3 is 0 Å². The number of unbranched alkanes of at least 4 members (excludes halogenated alkanes) is 2. The zero-order valence-corrected chi connectivity index (χ0v) is 10.8. The van der Waals surface area contributed by atoms with E-state index in [0.717, 1.165) is 43.9 Å². The molecular weight excluding hydrogens is 236 g/mol. The molecular formula is C14H19F2NO. The molecule has 1 unspecified atom stereocenters. The maximum absolute atomic E-state index is 12.9. The first-order valence-corrected chi connectivity index (χ1v) is 6.30. The van der Waals surface area contributed by atoms with E-state index < -0.39 is 11.6 Å². The van der Waals surface area contributed by atoms with Gasteiger partial charge in [-0.2, -0.15) is 0 Å². The maximum Gasteiger partial charge on any atom is 0.227 e. The first-order chi connectivity index (χ1) is 8.52. The second kappa shape index (κ2) is 7.09. The third-order valence-corrected chi connectivity index (χ3v) is 2.82. The lowest BCUT2D eigenvalue weighted by Crippen LogP contribution is -2.20. The number of hydrogen-bond donors (Lipinski definition) is 1. The highest BCUT2D eigenvalue weighted by Crippen LogP contribution is 2.16. The van der Waals surface area contributed by atoms with Gasteiger partial charge in [0.2, 0.25) is 5.91 Å². The first-order valence-electron chi connectivity index (χ1n) is 6.30. The molecule has 0 saturated heterocycles. The van der Waals surface area contributed by atoms with Gasteiger partial charge in [0, 0.05) is 17.7 Å². The predicted octanol–water partition coefficient (Wildman–Crippen LogP) is 4.12. The zero-order chi connectivity index (χ0) is 13.5. The Morgan fingerprint density at radius 3 is 2.39 bits per heavy atom. The molecule has 0 aromatic heterocycles. The van der Waals surface area contributed by atoms with Gasteiger partial charge in [-0.1, -0.05) is 33.1 Å². The molecule has 1 aromatic rings. The number of hydrogen-bond acceptors (Lipinski definition) is 1. The van der Waals surface area contributed by atoms with Gasteiger partial charge in [-0.3, -0.25) is 4.79 Å². The van der Waals surface area contributed by atoms with Gasteiger partial charge in [0.15, 0.2) is 0 Å². The Labute approximate surface area is 106 Å². The molecule has 4 heteroatoms. The lowest BCUT2D eigenvalue weighted by molar-refractivity contribution is -0.119. The van der Waals surface area contributed by atoms with Crippen molar-refractivity contribution in [1.29, 1.82) is 0 Å². The third-order valence-electron chi connectivity index (χ3n) is 2.82. The van der Waals surface area contributed by atoms with Gasteiger partial charge in [-0.25, -0.2) is 8.78 Å². The molecule has 1 rings (SSSR count). The Bertz CT molecular complexity index is 387. The van der Waals surface area contributed by atoms with Crippen LogP contribution in [0.25, 0.3) is 0 Å². The number of halogens is 2. The van der Waals surface area contributed by atoms with Gasteiger partial charge in [-0.15, -0.1) is 0 Å². The Kier molecular flexibility index (Phi) is 5.75. The van der Waals surface area contributed by atoms with E-state index in [1.807, 2.05) is 6.92 Å². The van der Waals surface area contributed by atoms with Crippen molar-refractivity contribution in [1.82, 2.24) is 0 Å². The molecule has 0 spiro atoms. The summed E-state index contributed by atoms with van der Waals surface area (Å²) in [5.41, 5.74) is 0.167. The Balaban J connectivity index is 2.52. The van der Waals surface area contributed by atoms with Gasteiger partial charge in [0.05, 0.1) is 0 Å². The Morgan fingerprint density at radius 2 is 1.83 bits per heavy atom. The summed E-state index contributed by atoms with van der Waals surface area (Å²) >= 11 is 0. The fourth-order valence-corrected chi connectivity index (χ4v) is 1.72. The minimum Gasteiger partial charge on any atom is -0.326 e. The number of amides is 1. The molecule has 0 saturated carbocycles. The Morgan fingerprint density at radius 1 is 1.22 bits per heavy atom. The molecule has 0 radical (unpaired) electrons. The van der Waals surface area contributed by atoms with E-state index in [1.54, 1.807) is 0 Å². The maximum atomic E-state index is 12.9. The molecule has 18 heavy (non-hydrogen) atoms. The molecule has 0 aliphatic carbocycles. The molecule has 0 aliphatic rings. The van der Waals surface area contributed by atoms with Crippen molar-refractivity contribution in [3.8, 4) is 0 Å². The van der Waals surface area contributed by atoms with E-state index in [-0.39, 0.29) is 17.5 Å². The summed E-state index contributed by atoms with van der Waals surface area (Å²) in [5.74, 6) is -1.73. The molecule has 0 bridgehead atoms. The number of rotatable bonds is 6. The molecule has 2 nitrogen and oxygen atoms in total. The van der Waals surface area contributed by atoms with Crippen LogP contribution in [0, 0.1) is 17.6 Å². The molecule has 100 valence electrons. The Hall–Kier alpha value is -1.45. The monoisotopic (exact) mass is 255 g/mol. The number of benzene rings is 1. The fourth-order valence-electron chi connectivity index (χ4n) is 1.72. The van der Waals surface area contributed by atoms with Crippen molar-refractivity contribution < 1.29 is 13.6 Å². The normalized spacial score (nSPS) is 12.2. The van der Waals surface area contributed by atoms with Gasteiger partial charge < -0.3 is 5.32 Å². The van der Waals surface area contributed by atoms with E-state index in [2.05, 4.69) is 12.2 Å². The summed E-state index contributed by atoms with van der Waals surface area (Å²) in [6.45, 7) is 3.92. The van der Waals surface area contributed by atoms with Crippen molar-refractivity contribution in [3.63, 3.8) is 0 Å². The number of anilines is 1. The molecule has 1 atom stereocenters. The summed E-state index contributed by atoms with van der Waals surface area (Å²) in [4.78, 5) is 11.8. The van der Waals surface area contributed by atoms with Crippen molar-refractivity contribution in [2.45, 2.75) is 39.5 Å². The fraction of sp³-hybridized carbons (Fsp3) is 0.500. The second-order valence-electron chi connectivity index (χ2n) is 4.54. The molecule has 1 amide bonds. The van der Waals surface area contributed by atoms with Crippen LogP contribution in [0.15, 0.2) is 18.2 Å². The summed E-state index contributed by atoms with van der Waals surface area (Å²) in [5, 5.41) is 2.53. The van der Waals surface area contributed by atoms with Crippen molar-refractivity contribution in [2.24, 2.45) is 5.92 Å². The topological polar surface area (TPSA) is 29.1 Å². The van der Waals surface area contributed by atoms with E-state index in [0.29, 0.717) is 0 Å². The molecule has 0 heterocycles. The lowest BCUT2D eigenvalue weighted by Gasteiger charge is -2.12. The molecule has 0 fully saturated rings. The van der Waals surface area contributed by atoms with Crippen LogP contribution >= 0.6 is 0 Å². The van der Waals surface area contributed by atoms with E-state index in [1.165, 1.54) is 0 Å². The highest BCUT2D eigenvalue weighted by Gasteiger charge is 2.13. The van der Waals surface area contributed by atoms with Crippen LogP contribution in [0.5, 0.6) is 0 Å². The van der Waals surface area contributed by atoms with E-state index in [9.17, 15) is 13.6 Å². The standard InChI is InChI=1S/C14H19F2NO/c1-3-4-5-6-10(2)14(18)17-13-8-11(15)7-12(16)9-13/h7-10H,3-6H2,1-2H3,(H,17,18). The SMILES string of the molecule is CCCCCC(C)C(=O)Nc1cc(F)cc(F)c1. The average molecular weight is 255 g/mol. The van der Waals surface area contributed by atoms with Crippen LogP contribution in [-0.2, 0) is 4.79 Å². The van der Waals surface area contributed by atoms with E-state index in [4.69, 9.17) is 0 Å². The first kappa shape index (κ1) is 14.6. The van der Waals surface area contributed by atoms with Crippen molar-refractivity contribution >= 4 is 11.6 Å². The summed E-state index contributed by atoms with van der Waals surface area (Å²) in [6, 6.07) is 3.00. The van der Waals surface area contributed by atoms with Gasteiger partial charge in [0.25, 0.3) is 0 Å². The summed E-state index contributed by atoms with van der Waals surface area (Å²) in [6.07, 6.45) is 3.97. The lowest BCUT2D eigenvalue weighted by atomic mass is 10.0. The highest BCUT2D eigenvalue weighted by atomic mass is 19.1. The van der Waals surface area contributed by atoms with Crippen LogP contribution in [0.1, 0.15) is 39.5 Å². The summed E-state index contributed by atoms with van der Waals surface area (Å²) < 4.78 is 25.9. The zero-order valence-electron chi connectivity index (χ0n) is 10.8. The smallest absolute Gasteiger partial charge is 0.227 e. The van der Waals surface area contributed by atoms with Crippen LogP contribution in [-0.4, -0.2) is 5.91 Å². The van der Waals surface area contributed by atoms with Crippen LogP contribution in [0.2, 0.25) is 0 Å². The molecule has 1 N–H and O–H groups in total. The largest absolute Gasteiger partial charge is 0.326 e. The average Bonchev–Trinajstić information content (AvgIpc) is 2.27. The van der Waals surface area contributed by atoms with E-state index >= 15 is 0 Å². The number of nitrogens with one attached hydrogen (secondary N) is 1. The molecule has 0 aliphatic heterocycles. The number of carbonyl (C=O) groups excluding carboxylic acids is 1. The van der Waals surface area contributed by atoms with Crippen LogP contribution in [0.4, 0.5) is 14.5 Å². The van der Waals surface area contributed by atoms with Crippen LogP contribution in [0.3, 0.4) is 0 Å². The minimum atomic E-state index is -0.691. The number of carbonyl (C=O) groups is 1. The second-order valence-corrected chi connectivity index (χ2v) is 4.54. The van der Waals surface area contributed by atoms with Crippen molar-refractivity contribution in [3.05, 3.63) is 29.8 Å². The van der Waals surface area contributed by atoms with Crippen molar-refractivity contribution in [2.75, 3.05) is 5.32 Å². The quantitative estimate of drug-likeness (QED) is 0.761. The minimum absolute atomic E-state index is 0.150. The third kappa shape index (κ3) is 4.82. The van der Waals surface area contributed by atoms with Gasteiger partial charge in [-0.05, 0) is 18.6 Å². The van der Waals surface area contributed by atoms with Crippen LogP contribution < -0.4 is 5.32 Å². The predicted molar refractivity (Wildman–Crippen MR) is 68.3 cm³/mol.